The highest BCUT2D eigenvalue weighted by atomic mass is 32.1. The fourth-order valence-electron chi connectivity index (χ4n) is 1.52. The molecule has 88 valence electrons. The number of hydrogen-bond acceptors (Lipinski definition) is 4. The summed E-state index contributed by atoms with van der Waals surface area (Å²) >= 11 is 1.64. The number of aryl methyl sites for hydroxylation is 1. The molecule has 1 aliphatic rings. The van der Waals surface area contributed by atoms with Crippen molar-refractivity contribution in [2.45, 2.75) is 26.8 Å². The SMILES string of the molecule is CCc1nc(CNC(=O)C2(C)COC2)cs1. The Morgan fingerprint density at radius 3 is 2.94 bits per heavy atom. The van der Waals surface area contributed by atoms with Crippen LogP contribution in [0, 0.1) is 5.41 Å². The zero-order valence-corrected chi connectivity index (χ0v) is 10.4. The molecule has 0 saturated carbocycles. The van der Waals surface area contributed by atoms with E-state index in [1.165, 1.54) is 0 Å². The Hall–Kier alpha value is -0.940. The first-order valence-corrected chi connectivity index (χ1v) is 6.31. The molecule has 1 aliphatic heterocycles. The number of amides is 1. The second-order valence-corrected chi connectivity index (χ2v) is 5.26. The number of hydrogen-bond donors (Lipinski definition) is 1. The van der Waals surface area contributed by atoms with E-state index in [0.717, 1.165) is 17.1 Å². The van der Waals surface area contributed by atoms with Gasteiger partial charge in [0.15, 0.2) is 0 Å². The van der Waals surface area contributed by atoms with Gasteiger partial charge in [-0.2, -0.15) is 0 Å². The predicted molar refractivity (Wildman–Crippen MR) is 62.3 cm³/mol. The van der Waals surface area contributed by atoms with Gasteiger partial charge in [-0.3, -0.25) is 4.79 Å². The summed E-state index contributed by atoms with van der Waals surface area (Å²) in [5.74, 6) is 0.0600. The Labute approximate surface area is 99.0 Å². The number of carbonyl (C=O) groups is 1. The third-order valence-corrected chi connectivity index (χ3v) is 3.76. The van der Waals surface area contributed by atoms with Gasteiger partial charge in [0.1, 0.15) is 0 Å². The monoisotopic (exact) mass is 240 g/mol. The molecule has 1 aromatic heterocycles. The Kier molecular flexibility index (Phi) is 3.25. The molecule has 5 heteroatoms. The second-order valence-electron chi connectivity index (χ2n) is 4.32. The predicted octanol–water partition coefficient (Wildman–Crippen LogP) is 1.36. The van der Waals surface area contributed by atoms with Crippen molar-refractivity contribution < 1.29 is 9.53 Å². The standard InChI is InChI=1S/C11H16N2O2S/c1-3-9-13-8(5-16-9)4-12-10(14)11(2)6-15-7-11/h5H,3-4,6-7H2,1-2H3,(H,12,14). The molecule has 1 aromatic rings. The van der Waals surface area contributed by atoms with E-state index in [9.17, 15) is 4.79 Å². The molecule has 0 bridgehead atoms. The molecule has 1 fully saturated rings. The quantitative estimate of drug-likeness (QED) is 0.864. The molecule has 0 radical (unpaired) electrons. The van der Waals surface area contributed by atoms with Crippen LogP contribution in [0.15, 0.2) is 5.38 Å². The summed E-state index contributed by atoms with van der Waals surface area (Å²) in [5.41, 5.74) is 0.614. The maximum atomic E-state index is 11.8. The largest absolute Gasteiger partial charge is 0.379 e. The molecule has 1 amide bonds. The van der Waals surface area contributed by atoms with Crippen LogP contribution in [0.5, 0.6) is 0 Å². The maximum absolute atomic E-state index is 11.8. The Bertz CT molecular complexity index is 385. The molecule has 4 nitrogen and oxygen atoms in total. The number of ether oxygens (including phenoxy) is 1. The lowest BCUT2D eigenvalue weighted by molar-refractivity contribution is -0.157. The van der Waals surface area contributed by atoms with Crippen molar-refractivity contribution in [1.29, 1.82) is 0 Å². The van der Waals surface area contributed by atoms with E-state index in [2.05, 4.69) is 17.2 Å². The summed E-state index contributed by atoms with van der Waals surface area (Å²) in [6.45, 7) is 5.56. The summed E-state index contributed by atoms with van der Waals surface area (Å²) in [5, 5.41) is 6.02. The second kappa shape index (κ2) is 4.51. The van der Waals surface area contributed by atoms with Gasteiger partial charge in [-0.05, 0) is 13.3 Å². The average molecular weight is 240 g/mol. The van der Waals surface area contributed by atoms with E-state index in [1.54, 1.807) is 11.3 Å². The lowest BCUT2D eigenvalue weighted by Gasteiger charge is -2.36. The number of carbonyl (C=O) groups excluding carboxylic acids is 1. The van der Waals surface area contributed by atoms with Crippen LogP contribution in [0.25, 0.3) is 0 Å². The van der Waals surface area contributed by atoms with Gasteiger partial charge < -0.3 is 10.1 Å². The maximum Gasteiger partial charge on any atom is 0.230 e. The van der Waals surface area contributed by atoms with E-state index in [0.29, 0.717) is 19.8 Å². The smallest absolute Gasteiger partial charge is 0.230 e. The fraction of sp³-hybridized carbons (Fsp3) is 0.636. The zero-order chi connectivity index (χ0) is 11.6. The van der Waals surface area contributed by atoms with E-state index in [4.69, 9.17) is 4.74 Å². The fourth-order valence-corrected chi connectivity index (χ4v) is 2.26. The lowest BCUT2D eigenvalue weighted by atomic mass is 9.87. The van der Waals surface area contributed by atoms with Crippen LogP contribution in [0.3, 0.4) is 0 Å². The zero-order valence-electron chi connectivity index (χ0n) is 9.58. The van der Waals surface area contributed by atoms with Crippen LogP contribution in [-0.2, 0) is 22.5 Å². The van der Waals surface area contributed by atoms with Crippen molar-refractivity contribution in [3.05, 3.63) is 16.1 Å². The molecule has 0 aliphatic carbocycles. The minimum absolute atomic E-state index is 0.0600. The highest BCUT2D eigenvalue weighted by Gasteiger charge is 2.40. The van der Waals surface area contributed by atoms with Crippen LogP contribution in [0.1, 0.15) is 24.5 Å². The molecular weight excluding hydrogens is 224 g/mol. The summed E-state index contributed by atoms with van der Waals surface area (Å²) in [7, 11) is 0. The lowest BCUT2D eigenvalue weighted by Crippen LogP contribution is -2.51. The van der Waals surface area contributed by atoms with Crippen LogP contribution < -0.4 is 5.32 Å². The molecule has 0 unspecified atom stereocenters. The summed E-state index contributed by atoms with van der Waals surface area (Å²) in [6, 6.07) is 0. The Morgan fingerprint density at radius 2 is 2.44 bits per heavy atom. The number of nitrogens with zero attached hydrogens (tertiary/aromatic N) is 1. The van der Waals surface area contributed by atoms with Gasteiger partial charge in [0.25, 0.3) is 0 Å². The highest BCUT2D eigenvalue weighted by Crippen LogP contribution is 2.26. The summed E-state index contributed by atoms with van der Waals surface area (Å²) < 4.78 is 5.06. The van der Waals surface area contributed by atoms with Crippen molar-refractivity contribution in [3.8, 4) is 0 Å². The normalized spacial score (nSPS) is 17.9. The molecule has 1 saturated heterocycles. The van der Waals surface area contributed by atoms with Gasteiger partial charge in [-0.25, -0.2) is 4.98 Å². The van der Waals surface area contributed by atoms with Crippen molar-refractivity contribution in [3.63, 3.8) is 0 Å². The Balaban J connectivity index is 1.85. The van der Waals surface area contributed by atoms with Crippen molar-refractivity contribution >= 4 is 17.2 Å². The van der Waals surface area contributed by atoms with Crippen molar-refractivity contribution in [1.82, 2.24) is 10.3 Å². The van der Waals surface area contributed by atoms with E-state index < -0.39 is 0 Å². The van der Waals surface area contributed by atoms with Gasteiger partial charge in [0, 0.05) is 5.38 Å². The summed E-state index contributed by atoms with van der Waals surface area (Å²) in [4.78, 5) is 16.2. The van der Waals surface area contributed by atoms with Gasteiger partial charge in [-0.1, -0.05) is 6.92 Å². The number of rotatable bonds is 4. The third kappa shape index (κ3) is 2.25. The Morgan fingerprint density at radius 1 is 1.69 bits per heavy atom. The van der Waals surface area contributed by atoms with Gasteiger partial charge in [0.05, 0.1) is 35.9 Å². The number of aromatic nitrogens is 1. The molecule has 0 spiro atoms. The van der Waals surface area contributed by atoms with E-state index in [-0.39, 0.29) is 11.3 Å². The topological polar surface area (TPSA) is 51.2 Å². The molecular formula is C11H16N2O2S. The summed E-state index contributed by atoms with van der Waals surface area (Å²) in [6.07, 6.45) is 0.949. The minimum atomic E-state index is -0.330. The van der Waals surface area contributed by atoms with Crippen LogP contribution in [-0.4, -0.2) is 24.1 Å². The number of thiazole rings is 1. The van der Waals surface area contributed by atoms with Gasteiger partial charge in [0.2, 0.25) is 5.91 Å². The molecule has 16 heavy (non-hydrogen) atoms. The molecule has 0 aromatic carbocycles. The first kappa shape index (κ1) is 11.5. The molecule has 1 N–H and O–H groups in total. The van der Waals surface area contributed by atoms with E-state index >= 15 is 0 Å². The van der Waals surface area contributed by atoms with Crippen molar-refractivity contribution in [2.24, 2.45) is 5.41 Å². The third-order valence-electron chi connectivity index (χ3n) is 2.72. The first-order chi connectivity index (χ1) is 7.64. The number of nitrogens with one attached hydrogen (secondary N) is 1. The van der Waals surface area contributed by atoms with Crippen molar-refractivity contribution in [2.75, 3.05) is 13.2 Å². The molecule has 2 heterocycles. The van der Waals surface area contributed by atoms with Gasteiger partial charge in [-0.15, -0.1) is 11.3 Å². The highest BCUT2D eigenvalue weighted by molar-refractivity contribution is 7.09. The van der Waals surface area contributed by atoms with Crippen LogP contribution >= 0.6 is 11.3 Å². The average Bonchev–Trinajstić information content (AvgIpc) is 2.70. The molecule has 2 rings (SSSR count). The molecule has 0 atom stereocenters. The van der Waals surface area contributed by atoms with Crippen LogP contribution in [0.2, 0.25) is 0 Å². The van der Waals surface area contributed by atoms with Crippen LogP contribution in [0.4, 0.5) is 0 Å². The first-order valence-electron chi connectivity index (χ1n) is 5.43. The minimum Gasteiger partial charge on any atom is -0.379 e. The van der Waals surface area contributed by atoms with Gasteiger partial charge >= 0.3 is 0 Å². The van der Waals surface area contributed by atoms with E-state index in [1.807, 2.05) is 12.3 Å².